The summed E-state index contributed by atoms with van der Waals surface area (Å²) in [5.74, 6) is -0.498. The van der Waals surface area contributed by atoms with Crippen LogP contribution in [0.4, 0.5) is 0 Å². The summed E-state index contributed by atoms with van der Waals surface area (Å²) in [7, 11) is 0. The van der Waals surface area contributed by atoms with Crippen molar-refractivity contribution in [3.8, 4) is 0 Å². The molecule has 0 heterocycles. The van der Waals surface area contributed by atoms with Crippen LogP contribution in [0.15, 0.2) is 11.6 Å². The lowest BCUT2D eigenvalue weighted by atomic mass is 9.99. The van der Waals surface area contributed by atoms with Gasteiger partial charge in [-0.05, 0) is 32.1 Å². The standard InChI is InChI=1S/C11H18O2/c1-7(2)6-8-10(3,4)11(8,5)9(12)13/h6,8H,1-5H3,(H,12,13). The van der Waals surface area contributed by atoms with E-state index in [1.807, 2.05) is 34.6 Å². The lowest BCUT2D eigenvalue weighted by molar-refractivity contribution is -0.144. The highest BCUT2D eigenvalue weighted by Crippen LogP contribution is 2.69. The molecule has 1 rings (SSSR count). The Morgan fingerprint density at radius 3 is 2.00 bits per heavy atom. The van der Waals surface area contributed by atoms with Gasteiger partial charge in [0.1, 0.15) is 0 Å². The van der Waals surface area contributed by atoms with Crippen LogP contribution in [0, 0.1) is 16.7 Å². The van der Waals surface area contributed by atoms with Crippen molar-refractivity contribution in [2.24, 2.45) is 16.7 Å². The van der Waals surface area contributed by atoms with Gasteiger partial charge in [0, 0.05) is 0 Å². The van der Waals surface area contributed by atoms with Gasteiger partial charge >= 0.3 is 5.97 Å². The highest BCUT2D eigenvalue weighted by atomic mass is 16.4. The first-order valence-corrected chi connectivity index (χ1v) is 4.63. The van der Waals surface area contributed by atoms with Crippen LogP contribution in [0.2, 0.25) is 0 Å². The molecule has 0 amide bonds. The minimum absolute atomic E-state index is 0.101. The van der Waals surface area contributed by atoms with E-state index in [1.165, 1.54) is 5.57 Å². The van der Waals surface area contributed by atoms with Gasteiger partial charge in [-0.3, -0.25) is 4.79 Å². The van der Waals surface area contributed by atoms with E-state index < -0.39 is 11.4 Å². The van der Waals surface area contributed by atoms with E-state index in [9.17, 15) is 4.79 Å². The first-order valence-electron chi connectivity index (χ1n) is 4.63. The van der Waals surface area contributed by atoms with E-state index in [-0.39, 0.29) is 11.3 Å². The first-order chi connectivity index (χ1) is 5.74. The van der Waals surface area contributed by atoms with Gasteiger partial charge in [0.15, 0.2) is 0 Å². The summed E-state index contributed by atoms with van der Waals surface area (Å²) in [5.41, 5.74) is 0.531. The average molecular weight is 182 g/mol. The lowest BCUT2D eigenvalue weighted by Gasteiger charge is -2.06. The predicted molar refractivity (Wildman–Crippen MR) is 52.4 cm³/mol. The van der Waals surface area contributed by atoms with Crippen molar-refractivity contribution in [1.82, 2.24) is 0 Å². The molecule has 0 bridgehead atoms. The van der Waals surface area contributed by atoms with Gasteiger partial charge in [0.05, 0.1) is 5.41 Å². The summed E-state index contributed by atoms with van der Waals surface area (Å²) < 4.78 is 0. The predicted octanol–water partition coefficient (Wildman–Crippen LogP) is 2.70. The van der Waals surface area contributed by atoms with E-state index in [0.717, 1.165) is 0 Å². The van der Waals surface area contributed by atoms with E-state index in [2.05, 4.69) is 6.08 Å². The Morgan fingerprint density at radius 2 is 1.77 bits per heavy atom. The summed E-state index contributed by atoms with van der Waals surface area (Å²) >= 11 is 0. The van der Waals surface area contributed by atoms with Gasteiger partial charge in [-0.25, -0.2) is 0 Å². The van der Waals surface area contributed by atoms with Crippen LogP contribution < -0.4 is 0 Å². The largest absolute Gasteiger partial charge is 0.481 e. The highest BCUT2D eigenvalue weighted by Gasteiger charge is 2.71. The topological polar surface area (TPSA) is 37.3 Å². The monoisotopic (exact) mass is 182 g/mol. The van der Waals surface area contributed by atoms with Gasteiger partial charge in [-0.1, -0.05) is 25.5 Å². The molecule has 13 heavy (non-hydrogen) atoms. The molecule has 0 aromatic carbocycles. The molecular weight excluding hydrogens is 164 g/mol. The maximum atomic E-state index is 11.1. The molecule has 0 aromatic heterocycles. The van der Waals surface area contributed by atoms with Crippen LogP contribution in [0.5, 0.6) is 0 Å². The average Bonchev–Trinajstić information content (AvgIpc) is 2.35. The van der Waals surface area contributed by atoms with Gasteiger partial charge in [-0.15, -0.1) is 0 Å². The smallest absolute Gasteiger partial charge is 0.310 e. The van der Waals surface area contributed by atoms with Crippen LogP contribution in [-0.2, 0) is 4.79 Å². The second-order valence-electron chi connectivity index (χ2n) is 4.95. The number of aliphatic carboxylic acids is 1. The minimum Gasteiger partial charge on any atom is -0.481 e. The van der Waals surface area contributed by atoms with Crippen LogP contribution >= 0.6 is 0 Å². The van der Waals surface area contributed by atoms with Crippen LogP contribution in [0.1, 0.15) is 34.6 Å². The Balaban J connectivity index is 2.95. The molecule has 0 aliphatic heterocycles. The maximum absolute atomic E-state index is 11.1. The molecule has 0 aromatic rings. The third-order valence-corrected chi connectivity index (χ3v) is 3.60. The van der Waals surface area contributed by atoms with E-state index >= 15 is 0 Å². The number of hydrogen-bond acceptors (Lipinski definition) is 1. The first kappa shape index (κ1) is 10.3. The van der Waals surface area contributed by atoms with Gasteiger partial charge in [0.2, 0.25) is 0 Å². The quantitative estimate of drug-likeness (QED) is 0.667. The van der Waals surface area contributed by atoms with Crippen LogP contribution in [0.25, 0.3) is 0 Å². The molecule has 1 aliphatic rings. The zero-order chi connectivity index (χ0) is 10.4. The van der Waals surface area contributed by atoms with Gasteiger partial charge in [-0.2, -0.15) is 0 Å². The zero-order valence-electron chi connectivity index (χ0n) is 9.01. The molecule has 0 radical (unpaired) electrons. The molecule has 1 aliphatic carbocycles. The van der Waals surface area contributed by atoms with Crippen molar-refractivity contribution in [2.75, 3.05) is 0 Å². The Morgan fingerprint density at radius 1 is 1.31 bits per heavy atom. The molecule has 2 heteroatoms. The fourth-order valence-corrected chi connectivity index (χ4v) is 2.14. The molecule has 1 fully saturated rings. The molecule has 1 saturated carbocycles. The number of rotatable bonds is 2. The number of allylic oxidation sites excluding steroid dienone is 2. The van der Waals surface area contributed by atoms with Crippen LogP contribution in [0.3, 0.4) is 0 Å². The van der Waals surface area contributed by atoms with E-state index in [0.29, 0.717) is 0 Å². The summed E-state index contributed by atoms with van der Waals surface area (Å²) in [6.07, 6.45) is 2.08. The van der Waals surface area contributed by atoms with Crippen molar-refractivity contribution in [3.05, 3.63) is 11.6 Å². The van der Waals surface area contributed by atoms with Gasteiger partial charge < -0.3 is 5.11 Å². The van der Waals surface area contributed by atoms with E-state index in [4.69, 9.17) is 5.11 Å². The van der Waals surface area contributed by atoms with Crippen molar-refractivity contribution >= 4 is 5.97 Å². The SMILES string of the molecule is CC(C)=CC1C(C)(C)C1(C)C(=O)O. The summed E-state index contributed by atoms with van der Waals surface area (Å²) in [6, 6.07) is 0. The summed E-state index contributed by atoms with van der Waals surface area (Å²) in [4.78, 5) is 11.1. The third kappa shape index (κ3) is 1.19. The molecule has 74 valence electrons. The summed E-state index contributed by atoms with van der Waals surface area (Å²) in [5, 5.41) is 9.10. The molecule has 2 unspecified atom stereocenters. The molecule has 2 nitrogen and oxygen atoms in total. The minimum atomic E-state index is -0.681. The van der Waals surface area contributed by atoms with Crippen molar-refractivity contribution in [2.45, 2.75) is 34.6 Å². The fraction of sp³-hybridized carbons (Fsp3) is 0.727. The number of carboxylic acid groups (broad SMARTS) is 1. The highest BCUT2D eigenvalue weighted by molar-refractivity contribution is 5.81. The number of hydrogen-bond donors (Lipinski definition) is 1. The van der Waals surface area contributed by atoms with Crippen molar-refractivity contribution < 1.29 is 9.90 Å². The Bertz CT molecular complexity index is 272. The Kier molecular flexibility index (Phi) is 2.06. The zero-order valence-corrected chi connectivity index (χ0v) is 9.01. The van der Waals surface area contributed by atoms with Crippen molar-refractivity contribution in [3.63, 3.8) is 0 Å². The normalized spacial score (nSPS) is 35.3. The van der Waals surface area contributed by atoms with Crippen molar-refractivity contribution in [1.29, 1.82) is 0 Å². The second-order valence-corrected chi connectivity index (χ2v) is 4.95. The molecule has 0 saturated heterocycles. The van der Waals surface area contributed by atoms with Gasteiger partial charge in [0.25, 0.3) is 0 Å². The molecule has 2 atom stereocenters. The second kappa shape index (κ2) is 2.60. The third-order valence-electron chi connectivity index (χ3n) is 3.60. The molecule has 0 spiro atoms. The summed E-state index contributed by atoms with van der Waals surface area (Å²) in [6.45, 7) is 9.89. The maximum Gasteiger partial charge on any atom is 0.310 e. The Labute approximate surface area is 79.6 Å². The number of carbonyl (C=O) groups is 1. The fourth-order valence-electron chi connectivity index (χ4n) is 2.14. The molecular formula is C11H18O2. The van der Waals surface area contributed by atoms with Crippen LogP contribution in [-0.4, -0.2) is 11.1 Å². The number of carboxylic acids is 1. The van der Waals surface area contributed by atoms with E-state index in [1.54, 1.807) is 0 Å². The molecule has 1 N–H and O–H groups in total. The lowest BCUT2D eigenvalue weighted by Crippen LogP contribution is -2.16. The Hall–Kier alpha value is -0.790.